The van der Waals surface area contributed by atoms with Crippen LogP contribution in [0.25, 0.3) is 0 Å². The molecule has 1 saturated carbocycles. The maximum absolute atomic E-state index is 12.8. The fourth-order valence-corrected chi connectivity index (χ4v) is 3.88. The first-order chi connectivity index (χ1) is 11.0. The first kappa shape index (κ1) is 17.9. The highest BCUT2D eigenvalue weighted by Gasteiger charge is 2.27. The number of ether oxygens (including phenoxy) is 1. The molecular weight excluding hydrogens is 314 g/mol. The van der Waals surface area contributed by atoms with Crippen molar-refractivity contribution in [2.45, 2.75) is 43.5 Å². The maximum Gasteiger partial charge on any atom is 0.254 e. The van der Waals surface area contributed by atoms with Crippen LogP contribution in [0, 0.1) is 0 Å². The third-order valence-electron chi connectivity index (χ3n) is 4.40. The summed E-state index contributed by atoms with van der Waals surface area (Å²) in [6.07, 6.45) is 4.35. The molecule has 0 atom stereocenters. The molecule has 128 valence electrons. The van der Waals surface area contributed by atoms with Crippen molar-refractivity contribution in [3.63, 3.8) is 0 Å². The third kappa shape index (κ3) is 4.32. The van der Waals surface area contributed by atoms with Crippen molar-refractivity contribution in [1.29, 1.82) is 0 Å². The van der Waals surface area contributed by atoms with E-state index in [4.69, 9.17) is 4.74 Å². The van der Waals surface area contributed by atoms with E-state index in [9.17, 15) is 13.2 Å². The molecule has 0 bridgehead atoms. The number of rotatable bonds is 7. The largest absolute Gasteiger partial charge is 0.383 e. The molecule has 0 aromatic heterocycles. The van der Waals surface area contributed by atoms with E-state index in [1.165, 1.54) is 12.1 Å². The summed E-state index contributed by atoms with van der Waals surface area (Å²) in [4.78, 5) is 14.9. The van der Waals surface area contributed by atoms with E-state index in [2.05, 4.69) is 0 Å². The Bertz CT molecular complexity index is 618. The zero-order chi connectivity index (χ0) is 16.9. The molecule has 1 aliphatic rings. The van der Waals surface area contributed by atoms with Gasteiger partial charge in [0.25, 0.3) is 5.91 Å². The molecule has 0 unspecified atom stereocenters. The van der Waals surface area contributed by atoms with Crippen LogP contribution in [0.3, 0.4) is 0 Å². The Hall–Kier alpha value is -1.40. The first-order valence-corrected chi connectivity index (χ1v) is 9.77. The van der Waals surface area contributed by atoms with Gasteiger partial charge in [0.05, 0.1) is 17.3 Å². The summed E-state index contributed by atoms with van der Waals surface area (Å²) in [6.45, 7) is 2.68. The topological polar surface area (TPSA) is 63.7 Å². The highest BCUT2D eigenvalue weighted by molar-refractivity contribution is 7.91. The van der Waals surface area contributed by atoms with Gasteiger partial charge in [-0.15, -0.1) is 0 Å². The zero-order valence-corrected chi connectivity index (χ0v) is 14.6. The summed E-state index contributed by atoms with van der Waals surface area (Å²) in [5.74, 6) is 0.0110. The Morgan fingerprint density at radius 2 is 1.83 bits per heavy atom. The average molecular weight is 339 g/mol. The third-order valence-corrected chi connectivity index (χ3v) is 6.15. The van der Waals surface area contributed by atoms with Gasteiger partial charge in [-0.05, 0) is 37.1 Å². The van der Waals surface area contributed by atoms with Gasteiger partial charge in [0.15, 0.2) is 9.84 Å². The van der Waals surface area contributed by atoms with Crippen LogP contribution in [0.1, 0.15) is 43.0 Å². The monoisotopic (exact) mass is 339 g/mol. The lowest BCUT2D eigenvalue weighted by atomic mass is 10.1. The van der Waals surface area contributed by atoms with Gasteiger partial charge in [0, 0.05) is 25.3 Å². The number of carbonyl (C=O) groups excluding carboxylic acids is 1. The SMILES string of the molecule is CCS(=O)(=O)c1ccc(C(=O)N(CCOC)C2CCCC2)cc1. The molecule has 1 amide bonds. The van der Waals surface area contributed by atoms with Gasteiger partial charge < -0.3 is 9.64 Å². The maximum atomic E-state index is 12.8. The second-order valence-corrected chi connectivity index (χ2v) is 8.14. The number of amides is 1. The quantitative estimate of drug-likeness (QED) is 0.766. The van der Waals surface area contributed by atoms with Crippen LogP contribution in [0.5, 0.6) is 0 Å². The summed E-state index contributed by atoms with van der Waals surface area (Å²) in [5.41, 5.74) is 0.531. The standard InChI is InChI=1S/C17H25NO4S/c1-3-23(20,21)16-10-8-14(9-11-16)17(19)18(12-13-22-2)15-6-4-5-7-15/h8-11,15H,3-7,12-13H2,1-2H3. The summed E-state index contributed by atoms with van der Waals surface area (Å²) in [5, 5.41) is 0. The molecule has 1 aromatic rings. The molecule has 6 heteroatoms. The van der Waals surface area contributed by atoms with E-state index in [1.54, 1.807) is 26.2 Å². The normalized spacial score (nSPS) is 15.7. The lowest BCUT2D eigenvalue weighted by molar-refractivity contribution is 0.0606. The van der Waals surface area contributed by atoms with Gasteiger partial charge in [-0.2, -0.15) is 0 Å². The fraction of sp³-hybridized carbons (Fsp3) is 0.588. The Kier molecular flexibility index (Phi) is 6.18. The van der Waals surface area contributed by atoms with E-state index in [-0.39, 0.29) is 22.6 Å². The van der Waals surface area contributed by atoms with Crippen LogP contribution in [0.2, 0.25) is 0 Å². The summed E-state index contributed by atoms with van der Waals surface area (Å²) in [7, 11) is -1.61. The molecule has 5 nitrogen and oxygen atoms in total. The van der Waals surface area contributed by atoms with Gasteiger partial charge in [-0.3, -0.25) is 4.79 Å². The molecule has 0 radical (unpaired) electrons. The lowest BCUT2D eigenvalue weighted by Crippen LogP contribution is -2.41. The van der Waals surface area contributed by atoms with Crippen LogP contribution in [-0.4, -0.2) is 51.3 Å². The minimum Gasteiger partial charge on any atom is -0.383 e. The molecule has 1 aliphatic carbocycles. The minimum atomic E-state index is -3.24. The number of hydrogen-bond donors (Lipinski definition) is 0. The fourth-order valence-electron chi connectivity index (χ4n) is 2.99. The number of hydrogen-bond acceptors (Lipinski definition) is 4. The Morgan fingerprint density at radius 1 is 1.22 bits per heavy atom. The zero-order valence-electron chi connectivity index (χ0n) is 13.8. The number of carbonyl (C=O) groups is 1. The van der Waals surface area contributed by atoms with Gasteiger partial charge in [0.2, 0.25) is 0 Å². The van der Waals surface area contributed by atoms with Gasteiger partial charge in [-0.25, -0.2) is 8.42 Å². The van der Waals surface area contributed by atoms with E-state index in [0.717, 1.165) is 25.7 Å². The molecule has 1 aromatic carbocycles. The van der Waals surface area contributed by atoms with Crippen LogP contribution in [-0.2, 0) is 14.6 Å². The molecule has 0 N–H and O–H groups in total. The molecule has 0 heterocycles. The molecule has 1 fully saturated rings. The predicted octanol–water partition coefficient (Wildman–Crippen LogP) is 2.51. The second-order valence-electron chi connectivity index (χ2n) is 5.86. The molecule has 0 spiro atoms. The van der Waals surface area contributed by atoms with Crippen molar-refractivity contribution in [2.24, 2.45) is 0 Å². The van der Waals surface area contributed by atoms with Crippen molar-refractivity contribution in [1.82, 2.24) is 4.90 Å². The van der Waals surface area contributed by atoms with Crippen molar-refractivity contribution >= 4 is 15.7 Å². The van der Waals surface area contributed by atoms with Crippen LogP contribution < -0.4 is 0 Å². The summed E-state index contributed by atoms with van der Waals surface area (Å²) < 4.78 is 28.8. The Labute approximate surface area is 138 Å². The number of methoxy groups -OCH3 is 1. The Morgan fingerprint density at radius 3 is 2.35 bits per heavy atom. The Balaban J connectivity index is 2.18. The average Bonchev–Trinajstić information content (AvgIpc) is 3.09. The molecule has 0 aliphatic heterocycles. The predicted molar refractivity (Wildman–Crippen MR) is 89.3 cm³/mol. The van der Waals surface area contributed by atoms with Gasteiger partial charge in [-0.1, -0.05) is 19.8 Å². The number of nitrogens with zero attached hydrogens (tertiary/aromatic N) is 1. The van der Waals surface area contributed by atoms with Crippen LogP contribution in [0.15, 0.2) is 29.2 Å². The molecule has 0 saturated heterocycles. The van der Waals surface area contributed by atoms with Crippen molar-refractivity contribution in [3.8, 4) is 0 Å². The summed E-state index contributed by atoms with van der Waals surface area (Å²) >= 11 is 0. The lowest BCUT2D eigenvalue weighted by Gasteiger charge is -2.29. The number of sulfone groups is 1. The second kappa shape index (κ2) is 7.93. The van der Waals surface area contributed by atoms with E-state index in [0.29, 0.717) is 18.7 Å². The van der Waals surface area contributed by atoms with Gasteiger partial charge >= 0.3 is 0 Å². The highest BCUT2D eigenvalue weighted by Crippen LogP contribution is 2.25. The summed E-state index contributed by atoms with van der Waals surface area (Å²) in [6, 6.07) is 6.53. The van der Waals surface area contributed by atoms with Crippen molar-refractivity contribution < 1.29 is 17.9 Å². The van der Waals surface area contributed by atoms with E-state index in [1.807, 2.05) is 4.90 Å². The van der Waals surface area contributed by atoms with E-state index < -0.39 is 9.84 Å². The smallest absolute Gasteiger partial charge is 0.254 e. The first-order valence-electron chi connectivity index (χ1n) is 8.12. The highest BCUT2D eigenvalue weighted by atomic mass is 32.2. The van der Waals surface area contributed by atoms with Gasteiger partial charge in [0.1, 0.15) is 0 Å². The van der Waals surface area contributed by atoms with Crippen LogP contribution >= 0.6 is 0 Å². The van der Waals surface area contributed by atoms with Crippen molar-refractivity contribution in [3.05, 3.63) is 29.8 Å². The minimum absolute atomic E-state index is 0.0469. The van der Waals surface area contributed by atoms with Crippen LogP contribution in [0.4, 0.5) is 0 Å². The van der Waals surface area contributed by atoms with Crippen molar-refractivity contribution in [2.75, 3.05) is 26.0 Å². The molecule has 2 rings (SSSR count). The van der Waals surface area contributed by atoms with E-state index >= 15 is 0 Å². The number of benzene rings is 1. The molecule has 23 heavy (non-hydrogen) atoms. The molecular formula is C17H25NO4S.